The van der Waals surface area contributed by atoms with E-state index in [9.17, 15) is 9.59 Å². The van der Waals surface area contributed by atoms with Crippen LogP contribution in [0.3, 0.4) is 0 Å². The van der Waals surface area contributed by atoms with E-state index in [1.165, 1.54) is 0 Å². The van der Waals surface area contributed by atoms with Crippen molar-refractivity contribution in [2.75, 3.05) is 5.32 Å². The molecule has 1 amide bonds. The van der Waals surface area contributed by atoms with Gasteiger partial charge in [-0.2, -0.15) is 5.10 Å². The fourth-order valence-electron chi connectivity index (χ4n) is 3.02. The Hall–Kier alpha value is -2.43. The van der Waals surface area contributed by atoms with Crippen molar-refractivity contribution < 1.29 is 9.59 Å². The Bertz CT molecular complexity index is 748. The zero-order valence-corrected chi connectivity index (χ0v) is 13.5. The molecule has 1 atom stereocenters. The lowest BCUT2D eigenvalue weighted by molar-refractivity contribution is -0.117. The third-order valence-electron chi connectivity index (χ3n) is 4.33. The van der Waals surface area contributed by atoms with Gasteiger partial charge in [-0.1, -0.05) is 37.6 Å². The molecule has 1 aliphatic carbocycles. The second kappa shape index (κ2) is 6.36. The largest absolute Gasteiger partial charge is 0.310 e. The summed E-state index contributed by atoms with van der Waals surface area (Å²) >= 11 is 0. The molecule has 0 saturated heterocycles. The van der Waals surface area contributed by atoms with E-state index in [-0.39, 0.29) is 18.1 Å². The number of hydrogen-bond acceptors (Lipinski definition) is 3. The number of carbonyl (C=O) groups is 2. The molecule has 0 bridgehead atoms. The minimum atomic E-state index is -0.410. The second-order valence-corrected chi connectivity index (χ2v) is 6.01. The molecule has 23 heavy (non-hydrogen) atoms. The van der Waals surface area contributed by atoms with Crippen LogP contribution in [0.15, 0.2) is 30.5 Å². The first-order chi connectivity index (χ1) is 11.1. The molecule has 0 aliphatic heterocycles. The topological polar surface area (TPSA) is 64.0 Å². The number of benzene rings is 1. The molecule has 0 radical (unpaired) electrons. The molecule has 1 N–H and O–H groups in total. The summed E-state index contributed by atoms with van der Waals surface area (Å²) in [5.74, 6) is 0.231. The van der Waals surface area contributed by atoms with Gasteiger partial charge in [0.2, 0.25) is 5.91 Å². The van der Waals surface area contributed by atoms with Gasteiger partial charge in [0.1, 0.15) is 5.82 Å². The minimum absolute atomic E-state index is 0.0389. The highest BCUT2D eigenvalue weighted by molar-refractivity contribution is 6.09. The van der Waals surface area contributed by atoms with Crippen molar-refractivity contribution in [2.24, 2.45) is 0 Å². The Morgan fingerprint density at radius 1 is 1.39 bits per heavy atom. The Morgan fingerprint density at radius 3 is 2.96 bits per heavy atom. The van der Waals surface area contributed by atoms with E-state index in [1.807, 2.05) is 29.8 Å². The molecule has 3 rings (SSSR count). The lowest BCUT2D eigenvalue weighted by Gasteiger charge is -2.14. The molecular weight excluding hydrogens is 290 g/mol. The molecule has 120 valence electrons. The van der Waals surface area contributed by atoms with Crippen LogP contribution in [0.4, 0.5) is 5.82 Å². The van der Waals surface area contributed by atoms with Gasteiger partial charge in [-0.25, -0.2) is 4.68 Å². The van der Waals surface area contributed by atoms with Crippen molar-refractivity contribution >= 4 is 17.5 Å². The van der Waals surface area contributed by atoms with Crippen LogP contribution in [0.25, 0.3) is 0 Å². The number of ketones is 1. The normalized spacial score (nSPS) is 16.4. The number of carbonyl (C=O) groups excluding carboxylic acids is 2. The number of fused-ring (bicyclic) bond motifs is 1. The van der Waals surface area contributed by atoms with Crippen molar-refractivity contribution in [3.05, 3.63) is 47.2 Å². The highest BCUT2D eigenvalue weighted by atomic mass is 16.2. The summed E-state index contributed by atoms with van der Waals surface area (Å²) in [4.78, 5) is 24.8. The van der Waals surface area contributed by atoms with Crippen LogP contribution >= 0.6 is 0 Å². The summed E-state index contributed by atoms with van der Waals surface area (Å²) in [6.45, 7) is 4.83. The summed E-state index contributed by atoms with van der Waals surface area (Å²) in [5, 5.41) is 7.31. The maximum Gasteiger partial charge on any atom is 0.233 e. The molecule has 0 spiro atoms. The monoisotopic (exact) mass is 311 g/mol. The van der Waals surface area contributed by atoms with Crippen LogP contribution in [0.2, 0.25) is 0 Å². The van der Waals surface area contributed by atoms with Crippen LogP contribution < -0.4 is 5.32 Å². The third kappa shape index (κ3) is 2.91. The number of unbranched alkanes of at least 4 members (excludes halogenated alkanes) is 1. The van der Waals surface area contributed by atoms with Gasteiger partial charge in [-0.15, -0.1) is 0 Å². The van der Waals surface area contributed by atoms with Gasteiger partial charge in [0.25, 0.3) is 0 Å². The van der Waals surface area contributed by atoms with Gasteiger partial charge in [-0.05, 0) is 18.9 Å². The average molecular weight is 311 g/mol. The molecule has 1 aliphatic rings. The van der Waals surface area contributed by atoms with E-state index in [1.54, 1.807) is 12.3 Å². The van der Waals surface area contributed by atoms with E-state index in [0.29, 0.717) is 5.56 Å². The Kier molecular flexibility index (Phi) is 4.28. The first-order valence-electron chi connectivity index (χ1n) is 8.07. The smallest absolute Gasteiger partial charge is 0.233 e. The van der Waals surface area contributed by atoms with Crippen molar-refractivity contribution in [1.29, 1.82) is 0 Å². The van der Waals surface area contributed by atoms with E-state index < -0.39 is 5.92 Å². The van der Waals surface area contributed by atoms with Crippen LogP contribution in [0.1, 0.15) is 53.6 Å². The number of anilines is 1. The number of rotatable bonds is 5. The molecule has 0 unspecified atom stereocenters. The molecule has 1 heterocycles. The number of aromatic nitrogens is 2. The van der Waals surface area contributed by atoms with E-state index in [2.05, 4.69) is 17.3 Å². The fourth-order valence-corrected chi connectivity index (χ4v) is 3.02. The SMILES string of the molecule is CCCCn1ncc(C)c1NC(=O)[C@H]1CC(=O)c2ccccc21. The van der Waals surface area contributed by atoms with Gasteiger partial charge < -0.3 is 5.32 Å². The predicted octanol–water partition coefficient (Wildman–Crippen LogP) is 3.30. The van der Waals surface area contributed by atoms with Gasteiger partial charge in [0.05, 0.1) is 12.1 Å². The second-order valence-electron chi connectivity index (χ2n) is 6.01. The van der Waals surface area contributed by atoms with Crippen molar-refractivity contribution in [1.82, 2.24) is 9.78 Å². The van der Waals surface area contributed by atoms with E-state index in [4.69, 9.17) is 0 Å². The van der Waals surface area contributed by atoms with E-state index >= 15 is 0 Å². The lowest BCUT2D eigenvalue weighted by Crippen LogP contribution is -2.22. The fraction of sp³-hybridized carbons (Fsp3) is 0.389. The number of amides is 1. The standard InChI is InChI=1S/C18H21N3O2/c1-3-4-9-21-17(12(2)11-19-21)20-18(23)15-10-16(22)14-8-6-5-7-13(14)15/h5-8,11,15H,3-4,9-10H2,1-2H3,(H,20,23)/t15-/m0/s1. The van der Waals surface area contributed by atoms with Crippen LogP contribution in [0.5, 0.6) is 0 Å². The summed E-state index contributed by atoms with van der Waals surface area (Å²) in [5.41, 5.74) is 2.43. The van der Waals surface area contributed by atoms with Crippen molar-refractivity contribution in [3.8, 4) is 0 Å². The maximum atomic E-state index is 12.7. The quantitative estimate of drug-likeness (QED) is 0.921. The summed E-state index contributed by atoms with van der Waals surface area (Å²) in [6.07, 6.45) is 4.08. The van der Waals surface area contributed by atoms with Crippen LogP contribution in [-0.2, 0) is 11.3 Å². The molecular formula is C18H21N3O2. The first-order valence-corrected chi connectivity index (χ1v) is 8.07. The summed E-state index contributed by atoms with van der Waals surface area (Å²) in [7, 11) is 0. The highest BCUT2D eigenvalue weighted by Gasteiger charge is 2.34. The van der Waals surface area contributed by atoms with Gasteiger partial charge in [0.15, 0.2) is 5.78 Å². The molecule has 0 saturated carbocycles. The van der Waals surface area contributed by atoms with Crippen molar-refractivity contribution in [2.45, 2.75) is 45.6 Å². The number of hydrogen-bond donors (Lipinski definition) is 1. The number of Topliss-reactive ketones (excluding diaryl/α,β-unsaturated/α-hetero) is 1. The average Bonchev–Trinajstić information content (AvgIpc) is 3.07. The molecule has 5 nitrogen and oxygen atoms in total. The number of nitrogens with zero attached hydrogens (tertiary/aromatic N) is 2. The summed E-state index contributed by atoms with van der Waals surface area (Å²) in [6, 6.07) is 7.36. The Labute approximate surface area is 135 Å². The number of nitrogens with one attached hydrogen (secondary N) is 1. The zero-order chi connectivity index (χ0) is 16.4. The Morgan fingerprint density at radius 2 is 2.17 bits per heavy atom. The minimum Gasteiger partial charge on any atom is -0.310 e. The van der Waals surface area contributed by atoms with Gasteiger partial charge in [0, 0.05) is 24.1 Å². The van der Waals surface area contributed by atoms with E-state index in [0.717, 1.165) is 36.3 Å². The van der Waals surface area contributed by atoms with Crippen molar-refractivity contribution in [3.63, 3.8) is 0 Å². The van der Waals surface area contributed by atoms with Crippen LogP contribution in [0, 0.1) is 6.92 Å². The predicted molar refractivity (Wildman–Crippen MR) is 88.6 cm³/mol. The molecule has 1 aromatic heterocycles. The maximum absolute atomic E-state index is 12.7. The lowest BCUT2D eigenvalue weighted by atomic mass is 10.0. The summed E-state index contributed by atoms with van der Waals surface area (Å²) < 4.78 is 1.83. The molecule has 0 fully saturated rings. The van der Waals surface area contributed by atoms with Gasteiger partial charge in [-0.3, -0.25) is 9.59 Å². The molecule has 1 aromatic carbocycles. The molecule has 5 heteroatoms. The molecule has 2 aromatic rings. The number of aryl methyl sites for hydroxylation is 2. The first kappa shape index (κ1) is 15.5. The zero-order valence-electron chi connectivity index (χ0n) is 13.5. The third-order valence-corrected chi connectivity index (χ3v) is 4.33. The highest BCUT2D eigenvalue weighted by Crippen LogP contribution is 2.34. The Balaban J connectivity index is 1.81. The van der Waals surface area contributed by atoms with Crippen LogP contribution in [-0.4, -0.2) is 21.5 Å². The van der Waals surface area contributed by atoms with Gasteiger partial charge >= 0.3 is 0 Å².